The summed E-state index contributed by atoms with van der Waals surface area (Å²) in [5, 5.41) is 3.26. The van der Waals surface area contributed by atoms with Crippen molar-refractivity contribution in [1.82, 2.24) is 10.2 Å². The van der Waals surface area contributed by atoms with Gasteiger partial charge in [0.25, 0.3) is 0 Å². The summed E-state index contributed by atoms with van der Waals surface area (Å²) >= 11 is 0. The molecule has 0 bridgehead atoms. The summed E-state index contributed by atoms with van der Waals surface area (Å²) in [7, 11) is 0. The summed E-state index contributed by atoms with van der Waals surface area (Å²) in [6.45, 7) is 7.88. The molecule has 1 saturated heterocycles. The summed E-state index contributed by atoms with van der Waals surface area (Å²) in [5.41, 5.74) is 0.398. The topological polar surface area (TPSA) is 24.5 Å². The minimum Gasteiger partial charge on any atom is -0.377 e. The van der Waals surface area contributed by atoms with Crippen LogP contribution < -0.4 is 5.32 Å². The molecular formula is C16H24F2N2O. The van der Waals surface area contributed by atoms with Gasteiger partial charge < -0.3 is 10.1 Å². The van der Waals surface area contributed by atoms with Crippen LogP contribution >= 0.6 is 0 Å². The van der Waals surface area contributed by atoms with E-state index in [1.165, 1.54) is 0 Å². The maximum Gasteiger partial charge on any atom is 0.163 e. The van der Waals surface area contributed by atoms with E-state index in [-0.39, 0.29) is 12.1 Å². The standard InChI is InChI=1S/C16H24F2N2O/c1-3-19-15(13-6-4-7-14(17)16(13)18)11-20-8-5-9-21-12(2)10-20/h4,6-7,12,15,19H,3,5,8-11H2,1-2H3. The van der Waals surface area contributed by atoms with Crippen molar-refractivity contribution in [3.63, 3.8) is 0 Å². The summed E-state index contributed by atoms with van der Waals surface area (Å²) < 4.78 is 33.1. The van der Waals surface area contributed by atoms with Crippen molar-refractivity contribution in [2.24, 2.45) is 0 Å². The maximum atomic E-state index is 14.0. The Hall–Kier alpha value is -1.04. The van der Waals surface area contributed by atoms with E-state index in [4.69, 9.17) is 4.74 Å². The number of halogens is 2. The molecule has 0 saturated carbocycles. The van der Waals surface area contributed by atoms with E-state index in [2.05, 4.69) is 10.2 Å². The molecule has 2 rings (SSSR count). The highest BCUT2D eigenvalue weighted by Gasteiger charge is 2.22. The van der Waals surface area contributed by atoms with Gasteiger partial charge >= 0.3 is 0 Å². The normalized spacial score (nSPS) is 22.0. The molecule has 2 unspecified atom stereocenters. The van der Waals surface area contributed by atoms with Crippen molar-refractivity contribution in [2.45, 2.75) is 32.4 Å². The van der Waals surface area contributed by atoms with Gasteiger partial charge in [-0.2, -0.15) is 0 Å². The van der Waals surface area contributed by atoms with E-state index < -0.39 is 11.6 Å². The van der Waals surface area contributed by atoms with Crippen LogP contribution in [0.25, 0.3) is 0 Å². The summed E-state index contributed by atoms with van der Waals surface area (Å²) in [5.74, 6) is -1.54. The second kappa shape index (κ2) is 7.82. The van der Waals surface area contributed by atoms with Gasteiger partial charge in [0.1, 0.15) is 0 Å². The first-order chi connectivity index (χ1) is 10.1. The molecule has 3 nitrogen and oxygen atoms in total. The van der Waals surface area contributed by atoms with Crippen LogP contribution in [0.15, 0.2) is 18.2 Å². The lowest BCUT2D eigenvalue weighted by Crippen LogP contribution is -2.38. The number of rotatable bonds is 5. The summed E-state index contributed by atoms with van der Waals surface area (Å²) in [6.07, 6.45) is 1.14. The Morgan fingerprint density at radius 1 is 1.43 bits per heavy atom. The highest BCUT2D eigenvalue weighted by molar-refractivity contribution is 5.23. The molecule has 1 aliphatic rings. The Labute approximate surface area is 125 Å². The van der Waals surface area contributed by atoms with Crippen molar-refractivity contribution in [3.8, 4) is 0 Å². The van der Waals surface area contributed by atoms with E-state index in [0.29, 0.717) is 18.7 Å². The highest BCUT2D eigenvalue weighted by atomic mass is 19.2. The number of hydrogen-bond donors (Lipinski definition) is 1. The van der Waals surface area contributed by atoms with E-state index in [9.17, 15) is 8.78 Å². The fourth-order valence-corrected chi connectivity index (χ4v) is 2.81. The molecule has 1 aromatic rings. The van der Waals surface area contributed by atoms with Crippen LogP contribution in [-0.2, 0) is 4.74 Å². The number of benzene rings is 1. The Morgan fingerprint density at radius 3 is 3.00 bits per heavy atom. The van der Waals surface area contributed by atoms with Gasteiger partial charge in [-0.3, -0.25) is 4.90 Å². The number of hydrogen-bond acceptors (Lipinski definition) is 3. The predicted octanol–water partition coefficient (Wildman–Crippen LogP) is 2.73. The van der Waals surface area contributed by atoms with Gasteiger partial charge in [-0.25, -0.2) is 8.78 Å². The molecule has 1 aromatic carbocycles. The van der Waals surface area contributed by atoms with Crippen molar-refractivity contribution < 1.29 is 13.5 Å². The average Bonchev–Trinajstić information content (AvgIpc) is 2.66. The van der Waals surface area contributed by atoms with Gasteiger partial charge in [0.2, 0.25) is 0 Å². The Morgan fingerprint density at radius 2 is 2.24 bits per heavy atom. The summed E-state index contributed by atoms with van der Waals surface area (Å²) in [6, 6.07) is 4.16. The van der Waals surface area contributed by atoms with E-state index in [1.54, 1.807) is 12.1 Å². The molecule has 0 amide bonds. The first-order valence-electron chi connectivity index (χ1n) is 7.63. The third-order valence-electron chi connectivity index (χ3n) is 3.78. The number of nitrogens with zero attached hydrogens (tertiary/aromatic N) is 1. The zero-order valence-electron chi connectivity index (χ0n) is 12.7. The molecule has 0 aliphatic carbocycles. The third-order valence-corrected chi connectivity index (χ3v) is 3.78. The molecule has 21 heavy (non-hydrogen) atoms. The molecule has 5 heteroatoms. The number of ether oxygens (including phenoxy) is 1. The SMILES string of the molecule is CCNC(CN1CCCOC(C)C1)c1cccc(F)c1F. The van der Waals surface area contributed by atoms with Crippen LogP contribution in [0.4, 0.5) is 8.78 Å². The molecule has 2 atom stereocenters. The van der Waals surface area contributed by atoms with Gasteiger partial charge in [0.15, 0.2) is 11.6 Å². The molecule has 1 aliphatic heterocycles. The Kier molecular flexibility index (Phi) is 6.08. The van der Waals surface area contributed by atoms with Crippen LogP contribution in [0.5, 0.6) is 0 Å². The first-order valence-corrected chi connectivity index (χ1v) is 7.63. The predicted molar refractivity (Wildman–Crippen MR) is 79.2 cm³/mol. The number of nitrogens with one attached hydrogen (secondary N) is 1. The molecule has 1 N–H and O–H groups in total. The van der Waals surface area contributed by atoms with E-state index >= 15 is 0 Å². The van der Waals surface area contributed by atoms with E-state index in [1.807, 2.05) is 13.8 Å². The van der Waals surface area contributed by atoms with Crippen LogP contribution in [0, 0.1) is 11.6 Å². The zero-order chi connectivity index (χ0) is 15.2. The van der Waals surface area contributed by atoms with Crippen LogP contribution in [0.3, 0.4) is 0 Å². The van der Waals surface area contributed by atoms with Crippen LogP contribution in [0.2, 0.25) is 0 Å². The maximum absolute atomic E-state index is 14.0. The highest BCUT2D eigenvalue weighted by Crippen LogP contribution is 2.21. The average molecular weight is 298 g/mol. The minimum atomic E-state index is -0.789. The van der Waals surface area contributed by atoms with Crippen molar-refractivity contribution >= 4 is 0 Å². The van der Waals surface area contributed by atoms with Crippen LogP contribution in [-0.4, -0.2) is 43.8 Å². The minimum absolute atomic E-state index is 0.173. The second-order valence-electron chi connectivity index (χ2n) is 5.55. The lowest BCUT2D eigenvalue weighted by atomic mass is 10.0. The fraction of sp³-hybridized carbons (Fsp3) is 0.625. The Bertz CT molecular complexity index is 456. The van der Waals surface area contributed by atoms with Gasteiger partial charge in [-0.05, 0) is 26.0 Å². The summed E-state index contributed by atoms with van der Waals surface area (Å²) in [4.78, 5) is 2.26. The van der Waals surface area contributed by atoms with Gasteiger partial charge in [-0.15, -0.1) is 0 Å². The van der Waals surface area contributed by atoms with Crippen molar-refractivity contribution in [2.75, 3.05) is 32.8 Å². The molecule has 1 heterocycles. The monoisotopic (exact) mass is 298 g/mol. The quantitative estimate of drug-likeness (QED) is 0.904. The fourth-order valence-electron chi connectivity index (χ4n) is 2.81. The molecule has 1 fully saturated rings. The molecular weight excluding hydrogens is 274 g/mol. The largest absolute Gasteiger partial charge is 0.377 e. The third kappa shape index (κ3) is 4.46. The molecule has 0 spiro atoms. The molecule has 0 aromatic heterocycles. The lowest BCUT2D eigenvalue weighted by Gasteiger charge is -2.28. The van der Waals surface area contributed by atoms with Gasteiger partial charge in [-0.1, -0.05) is 19.1 Å². The van der Waals surface area contributed by atoms with Gasteiger partial charge in [0.05, 0.1) is 6.10 Å². The second-order valence-corrected chi connectivity index (χ2v) is 5.55. The van der Waals surface area contributed by atoms with E-state index in [0.717, 1.165) is 32.2 Å². The van der Waals surface area contributed by atoms with Crippen molar-refractivity contribution in [1.29, 1.82) is 0 Å². The van der Waals surface area contributed by atoms with Gasteiger partial charge in [0, 0.05) is 37.8 Å². The zero-order valence-corrected chi connectivity index (χ0v) is 12.7. The van der Waals surface area contributed by atoms with Crippen LogP contribution in [0.1, 0.15) is 31.9 Å². The van der Waals surface area contributed by atoms with Crippen molar-refractivity contribution in [3.05, 3.63) is 35.4 Å². The lowest BCUT2D eigenvalue weighted by molar-refractivity contribution is 0.0663. The molecule has 118 valence electrons. The Balaban J connectivity index is 2.12. The number of likely N-dealkylation sites (N-methyl/N-ethyl adjacent to an activating group) is 1. The molecule has 0 radical (unpaired) electrons. The first kappa shape index (κ1) is 16.3. The smallest absolute Gasteiger partial charge is 0.163 e.